The zero-order valence-corrected chi connectivity index (χ0v) is 16.2. The van der Waals surface area contributed by atoms with Crippen LogP contribution in [0.25, 0.3) is 11.3 Å². The number of halogens is 1. The minimum Gasteiger partial charge on any atom is -0.322 e. The van der Waals surface area contributed by atoms with Gasteiger partial charge in [-0.25, -0.2) is 14.2 Å². The molecule has 144 valence electrons. The Balaban J connectivity index is 1.28. The van der Waals surface area contributed by atoms with Gasteiger partial charge >= 0.3 is 6.03 Å². The number of carbonyl (C=O) groups excluding carboxylic acids is 1. The Bertz CT molecular complexity index is 921. The molecule has 1 aromatic heterocycles. The monoisotopic (exact) mass is 396 g/mol. The largest absolute Gasteiger partial charge is 0.322 e. The maximum Gasteiger partial charge on any atom is 0.321 e. The summed E-state index contributed by atoms with van der Waals surface area (Å²) in [6.45, 7) is 3.72. The number of hydrogen-bond acceptors (Lipinski definition) is 4. The summed E-state index contributed by atoms with van der Waals surface area (Å²) in [7, 11) is 0. The van der Waals surface area contributed by atoms with Gasteiger partial charge in [0.1, 0.15) is 10.8 Å². The molecular weight excluding hydrogens is 375 g/mol. The summed E-state index contributed by atoms with van der Waals surface area (Å²) in [5, 5.41) is 6.00. The van der Waals surface area contributed by atoms with Crippen LogP contribution in [0.5, 0.6) is 0 Å². The number of benzene rings is 2. The second kappa shape index (κ2) is 8.50. The maximum atomic E-state index is 13.0. The Morgan fingerprint density at radius 1 is 1.04 bits per heavy atom. The Kier molecular flexibility index (Phi) is 5.64. The van der Waals surface area contributed by atoms with Gasteiger partial charge in [-0.2, -0.15) is 0 Å². The fourth-order valence-corrected chi connectivity index (χ4v) is 4.01. The van der Waals surface area contributed by atoms with Gasteiger partial charge in [0.25, 0.3) is 0 Å². The van der Waals surface area contributed by atoms with E-state index in [4.69, 9.17) is 4.98 Å². The number of amides is 2. The number of thiazole rings is 1. The number of hydrogen-bond donors (Lipinski definition) is 1. The number of urea groups is 1. The molecule has 0 spiro atoms. The van der Waals surface area contributed by atoms with Crippen LogP contribution in [0, 0.1) is 5.82 Å². The van der Waals surface area contributed by atoms with Crippen molar-refractivity contribution in [1.29, 1.82) is 0 Å². The lowest BCUT2D eigenvalue weighted by atomic mass is 10.2. The average Bonchev–Trinajstić information content (AvgIpc) is 3.19. The summed E-state index contributed by atoms with van der Waals surface area (Å²) in [4.78, 5) is 21.2. The molecule has 3 aromatic rings. The number of anilines is 1. The van der Waals surface area contributed by atoms with Crippen molar-refractivity contribution in [1.82, 2.24) is 14.8 Å². The first-order valence-corrected chi connectivity index (χ1v) is 10.1. The van der Waals surface area contributed by atoms with Crippen LogP contribution in [-0.4, -0.2) is 47.0 Å². The number of rotatable bonds is 4. The highest BCUT2D eigenvalue weighted by Crippen LogP contribution is 2.22. The summed E-state index contributed by atoms with van der Waals surface area (Å²) in [6.07, 6.45) is 0. The number of nitrogens with one attached hydrogen (secondary N) is 1. The fraction of sp³-hybridized carbons (Fsp3) is 0.238. The molecule has 2 heterocycles. The number of piperazine rings is 1. The van der Waals surface area contributed by atoms with Crippen molar-refractivity contribution in [2.75, 3.05) is 31.5 Å². The van der Waals surface area contributed by atoms with E-state index in [1.54, 1.807) is 28.4 Å². The molecule has 1 aliphatic heterocycles. The highest BCUT2D eigenvalue weighted by molar-refractivity contribution is 7.09. The van der Waals surface area contributed by atoms with Crippen molar-refractivity contribution >= 4 is 23.1 Å². The molecule has 4 rings (SSSR count). The van der Waals surface area contributed by atoms with E-state index in [0.717, 1.165) is 35.9 Å². The topological polar surface area (TPSA) is 48.5 Å². The molecular formula is C21H21FN4OS. The van der Waals surface area contributed by atoms with Crippen LogP contribution in [0.4, 0.5) is 14.9 Å². The molecule has 0 radical (unpaired) electrons. The molecule has 2 aromatic carbocycles. The van der Waals surface area contributed by atoms with Gasteiger partial charge in [-0.1, -0.05) is 30.3 Å². The van der Waals surface area contributed by atoms with Gasteiger partial charge in [0.2, 0.25) is 0 Å². The fourth-order valence-electron chi connectivity index (χ4n) is 3.16. The first-order chi connectivity index (χ1) is 13.7. The van der Waals surface area contributed by atoms with Gasteiger partial charge in [0.05, 0.1) is 12.2 Å². The van der Waals surface area contributed by atoms with Gasteiger partial charge in [-0.15, -0.1) is 11.3 Å². The van der Waals surface area contributed by atoms with Crippen LogP contribution >= 0.6 is 11.3 Å². The average molecular weight is 396 g/mol. The zero-order chi connectivity index (χ0) is 19.3. The van der Waals surface area contributed by atoms with E-state index in [-0.39, 0.29) is 11.8 Å². The van der Waals surface area contributed by atoms with Crippen LogP contribution in [0.3, 0.4) is 0 Å². The number of aromatic nitrogens is 1. The summed E-state index contributed by atoms with van der Waals surface area (Å²) in [5.41, 5.74) is 2.75. The standard InChI is InChI=1S/C21H21FN4OS/c22-17-6-8-18(9-7-17)23-21(27)26-12-10-25(11-13-26)14-20-24-19(15-28-20)16-4-2-1-3-5-16/h1-9,15H,10-14H2,(H,23,27). The van der Waals surface area contributed by atoms with Gasteiger partial charge in [-0.05, 0) is 24.3 Å². The second-order valence-electron chi connectivity index (χ2n) is 6.69. The van der Waals surface area contributed by atoms with E-state index in [1.165, 1.54) is 12.1 Å². The first-order valence-electron chi connectivity index (χ1n) is 9.21. The molecule has 0 atom stereocenters. The van der Waals surface area contributed by atoms with Crippen molar-refractivity contribution in [3.8, 4) is 11.3 Å². The van der Waals surface area contributed by atoms with Crippen molar-refractivity contribution in [3.05, 3.63) is 70.8 Å². The Labute approximate surface area is 167 Å². The highest BCUT2D eigenvalue weighted by Gasteiger charge is 2.22. The van der Waals surface area contributed by atoms with Crippen LogP contribution in [0.15, 0.2) is 60.0 Å². The lowest BCUT2D eigenvalue weighted by Gasteiger charge is -2.34. The maximum absolute atomic E-state index is 13.0. The Hall–Kier alpha value is -2.77. The molecule has 1 N–H and O–H groups in total. The van der Waals surface area contributed by atoms with E-state index in [9.17, 15) is 9.18 Å². The van der Waals surface area contributed by atoms with Gasteiger partial charge in [0, 0.05) is 42.8 Å². The van der Waals surface area contributed by atoms with E-state index in [1.807, 2.05) is 18.2 Å². The molecule has 28 heavy (non-hydrogen) atoms. The molecule has 0 unspecified atom stereocenters. The quantitative estimate of drug-likeness (QED) is 0.715. The van der Waals surface area contributed by atoms with Gasteiger partial charge in [-0.3, -0.25) is 4.90 Å². The van der Waals surface area contributed by atoms with Crippen LogP contribution in [0.1, 0.15) is 5.01 Å². The number of carbonyl (C=O) groups is 1. The molecule has 5 nitrogen and oxygen atoms in total. The summed E-state index contributed by atoms with van der Waals surface area (Å²) < 4.78 is 13.0. The smallest absolute Gasteiger partial charge is 0.321 e. The third-order valence-electron chi connectivity index (χ3n) is 4.74. The van der Waals surface area contributed by atoms with E-state index >= 15 is 0 Å². The molecule has 7 heteroatoms. The molecule has 2 amide bonds. The van der Waals surface area contributed by atoms with Crippen molar-refractivity contribution in [2.24, 2.45) is 0 Å². The molecule has 0 bridgehead atoms. The summed E-state index contributed by atoms with van der Waals surface area (Å²) >= 11 is 1.67. The molecule has 1 aliphatic rings. The SMILES string of the molecule is O=C(Nc1ccc(F)cc1)N1CCN(Cc2nc(-c3ccccc3)cs2)CC1. The minimum absolute atomic E-state index is 0.146. The Morgan fingerprint density at radius 3 is 2.46 bits per heavy atom. The normalized spacial score (nSPS) is 14.8. The van der Waals surface area contributed by atoms with Gasteiger partial charge in [0.15, 0.2) is 0 Å². The van der Waals surface area contributed by atoms with Crippen molar-refractivity contribution in [2.45, 2.75) is 6.54 Å². The zero-order valence-electron chi connectivity index (χ0n) is 15.3. The van der Waals surface area contributed by atoms with E-state index < -0.39 is 0 Å². The van der Waals surface area contributed by atoms with Crippen LogP contribution < -0.4 is 5.32 Å². The minimum atomic E-state index is -0.316. The molecule has 0 saturated carbocycles. The second-order valence-corrected chi connectivity index (χ2v) is 7.64. The highest BCUT2D eigenvalue weighted by atomic mass is 32.1. The Morgan fingerprint density at radius 2 is 1.75 bits per heavy atom. The molecule has 1 saturated heterocycles. The third kappa shape index (κ3) is 4.55. The molecule has 0 aliphatic carbocycles. The van der Waals surface area contributed by atoms with Crippen molar-refractivity contribution in [3.63, 3.8) is 0 Å². The lowest BCUT2D eigenvalue weighted by molar-refractivity contribution is 0.143. The number of nitrogens with zero attached hydrogens (tertiary/aromatic N) is 3. The summed E-state index contributed by atoms with van der Waals surface area (Å²) in [5.74, 6) is -0.316. The van der Waals surface area contributed by atoms with E-state index in [0.29, 0.717) is 18.8 Å². The van der Waals surface area contributed by atoms with Gasteiger partial charge < -0.3 is 10.2 Å². The summed E-state index contributed by atoms with van der Waals surface area (Å²) in [6, 6.07) is 15.8. The van der Waals surface area contributed by atoms with Crippen molar-refractivity contribution < 1.29 is 9.18 Å². The predicted molar refractivity (Wildman–Crippen MR) is 110 cm³/mol. The van der Waals surface area contributed by atoms with Crippen LogP contribution in [0.2, 0.25) is 0 Å². The van der Waals surface area contributed by atoms with Crippen LogP contribution in [-0.2, 0) is 6.54 Å². The first kappa shape index (κ1) is 18.6. The third-order valence-corrected chi connectivity index (χ3v) is 5.57. The van der Waals surface area contributed by atoms with E-state index in [2.05, 4.69) is 27.7 Å². The molecule has 1 fully saturated rings. The predicted octanol–water partition coefficient (Wildman–Crippen LogP) is 4.30. The lowest BCUT2D eigenvalue weighted by Crippen LogP contribution is -2.49.